The van der Waals surface area contributed by atoms with Crippen LogP contribution in [0.1, 0.15) is 32.8 Å². The monoisotopic (exact) mass is 276 g/mol. The summed E-state index contributed by atoms with van der Waals surface area (Å²) in [5.74, 6) is 0. The summed E-state index contributed by atoms with van der Waals surface area (Å²) in [6.07, 6.45) is 2.92. The van der Waals surface area contributed by atoms with E-state index in [9.17, 15) is 0 Å². The van der Waals surface area contributed by atoms with Crippen LogP contribution in [0.2, 0.25) is 5.02 Å². The van der Waals surface area contributed by atoms with Crippen LogP contribution in [0.25, 0.3) is 10.9 Å². The molecule has 2 aromatic rings. The number of pyridine rings is 1. The third-order valence-corrected chi connectivity index (χ3v) is 3.51. The summed E-state index contributed by atoms with van der Waals surface area (Å²) in [5, 5.41) is 5.34. The zero-order valence-corrected chi connectivity index (χ0v) is 12.8. The Kier molecular flexibility index (Phi) is 4.00. The van der Waals surface area contributed by atoms with Crippen LogP contribution >= 0.6 is 11.6 Å². The third-order valence-electron chi connectivity index (χ3n) is 3.21. The van der Waals surface area contributed by atoms with Crippen LogP contribution in [-0.4, -0.2) is 11.5 Å². The maximum Gasteiger partial charge on any atom is 0.0752 e. The molecule has 102 valence electrons. The molecule has 0 saturated heterocycles. The molecule has 0 aliphatic carbocycles. The van der Waals surface area contributed by atoms with Crippen LogP contribution in [0.15, 0.2) is 24.4 Å². The van der Waals surface area contributed by atoms with Crippen molar-refractivity contribution in [2.75, 3.05) is 11.9 Å². The molecular formula is C16H21ClN2. The molecule has 0 amide bonds. The van der Waals surface area contributed by atoms with Gasteiger partial charge in [-0.25, -0.2) is 0 Å². The largest absolute Gasteiger partial charge is 0.383 e. The lowest BCUT2D eigenvalue weighted by Crippen LogP contribution is -2.13. The highest BCUT2D eigenvalue weighted by Crippen LogP contribution is 2.33. The third kappa shape index (κ3) is 3.38. The Bertz CT molecular complexity index is 585. The number of hydrogen-bond acceptors (Lipinski definition) is 2. The molecule has 1 heterocycles. The maximum atomic E-state index is 6.37. The molecule has 1 N–H and O–H groups in total. The minimum absolute atomic E-state index is 0.318. The standard InChI is InChI=1S/C16H21ClN2/c1-11-10-13(17)15(19-9-7-16(2,3)4)12-6-5-8-18-14(11)12/h5-6,8,10,19H,7,9H2,1-4H3. The number of anilines is 1. The fraction of sp³-hybridized carbons (Fsp3) is 0.438. The van der Waals surface area contributed by atoms with Crippen LogP contribution < -0.4 is 5.32 Å². The highest BCUT2D eigenvalue weighted by molar-refractivity contribution is 6.35. The molecule has 0 saturated carbocycles. The van der Waals surface area contributed by atoms with Gasteiger partial charge in [0.15, 0.2) is 0 Å². The molecule has 0 spiro atoms. The zero-order chi connectivity index (χ0) is 14.0. The van der Waals surface area contributed by atoms with Crippen molar-refractivity contribution >= 4 is 28.2 Å². The average molecular weight is 277 g/mol. The maximum absolute atomic E-state index is 6.37. The van der Waals surface area contributed by atoms with Crippen LogP contribution in [0, 0.1) is 12.3 Å². The highest BCUT2D eigenvalue weighted by Gasteiger charge is 2.12. The second-order valence-corrected chi connectivity index (χ2v) is 6.59. The lowest BCUT2D eigenvalue weighted by Gasteiger charge is -2.20. The van der Waals surface area contributed by atoms with E-state index in [0.29, 0.717) is 5.41 Å². The predicted molar refractivity (Wildman–Crippen MR) is 84.1 cm³/mol. The van der Waals surface area contributed by atoms with Gasteiger partial charge in [-0.3, -0.25) is 4.98 Å². The fourth-order valence-electron chi connectivity index (χ4n) is 2.12. The van der Waals surface area contributed by atoms with Gasteiger partial charge in [-0.2, -0.15) is 0 Å². The van der Waals surface area contributed by atoms with E-state index in [1.54, 1.807) is 0 Å². The molecule has 0 unspecified atom stereocenters. The van der Waals surface area contributed by atoms with E-state index in [1.807, 2.05) is 25.3 Å². The Morgan fingerprint density at radius 3 is 2.74 bits per heavy atom. The highest BCUT2D eigenvalue weighted by atomic mass is 35.5. The van der Waals surface area contributed by atoms with Gasteiger partial charge < -0.3 is 5.32 Å². The number of nitrogens with zero attached hydrogens (tertiary/aromatic N) is 1. The van der Waals surface area contributed by atoms with Crippen LogP contribution in [0.3, 0.4) is 0 Å². The van der Waals surface area contributed by atoms with Crippen molar-refractivity contribution in [3.05, 3.63) is 35.0 Å². The zero-order valence-electron chi connectivity index (χ0n) is 12.0. The molecule has 1 aromatic carbocycles. The van der Waals surface area contributed by atoms with Gasteiger partial charge in [0.1, 0.15) is 0 Å². The number of nitrogens with one attached hydrogen (secondary N) is 1. The van der Waals surface area contributed by atoms with Gasteiger partial charge in [0, 0.05) is 18.1 Å². The quantitative estimate of drug-likeness (QED) is 0.849. The van der Waals surface area contributed by atoms with Gasteiger partial charge >= 0.3 is 0 Å². The fourth-order valence-corrected chi connectivity index (χ4v) is 2.45. The number of aryl methyl sites for hydroxylation is 1. The average Bonchev–Trinajstić information content (AvgIpc) is 2.32. The van der Waals surface area contributed by atoms with Gasteiger partial charge in [-0.05, 0) is 42.5 Å². The number of hydrogen-bond donors (Lipinski definition) is 1. The number of aromatic nitrogens is 1. The van der Waals surface area contributed by atoms with E-state index in [4.69, 9.17) is 11.6 Å². The van der Waals surface area contributed by atoms with Crippen LogP contribution in [0.4, 0.5) is 5.69 Å². The Morgan fingerprint density at radius 1 is 1.32 bits per heavy atom. The van der Waals surface area contributed by atoms with Gasteiger partial charge in [-0.1, -0.05) is 32.4 Å². The lowest BCUT2D eigenvalue weighted by molar-refractivity contribution is 0.390. The van der Waals surface area contributed by atoms with Crippen LogP contribution in [-0.2, 0) is 0 Å². The Balaban J connectivity index is 2.32. The molecule has 1 aromatic heterocycles. The summed E-state index contributed by atoms with van der Waals surface area (Å²) in [7, 11) is 0. The van der Waals surface area contributed by atoms with Crippen molar-refractivity contribution in [3.63, 3.8) is 0 Å². The summed E-state index contributed by atoms with van der Waals surface area (Å²) in [6, 6.07) is 6.00. The molecule has 2 nitrogen and oxygen atoms in total. The Hall–Kier alpha value is -1.28. The van der Waals surface area contributed by atoms with Crippen molar-refractivity contribution in [2.24, 2.45) is 5.41 Å². The number of fused-ring (bicyclic) bond motifs is 1. The topological polar surface area (TPSA) is 24.9 Å². The van der Waals surface area contributed by atoms with Crippen molar-refractivity contribution in [2.45, 2.75) is 34.1 Å². The van der Waals surface area contributed by atoms with E-state index in [2.05, 4.69) is 37.1 Å². The van der Waals surface area contributed by atoms with Crippen molar-refractivity contribution in [1.29, 1.82) is 0 Å². The second kappa shape index (κ2) is 5.38. The number of benzene rings is 1. The molecule has 0 fully saturated rings. The van der Waals surface area contributed by atoms with Crippen molar-refractivity contribution in [1.82, 2.24) is 4.98 Å². The van der Waals surface area contributed by atoms with Gasteiger partial charge in [0.25, 0.3) is 0 Å². The Morgan fingerprint density at radius 2 is 2.05 bits per heavy atom. The second-order valence-electron chi connectivity index (χ2n) is 6.19. The molecular weight excluding hydrogens is 256 g/mol. The van der Waals surface area contributed by atoms with E-state index < -0.39 is 0 Å². The van der Waals surface area contributed by atoms with Gasteiger partial charge in [-0.15, -0.1) is 0 Å². The summed E-state index contributed by atoms with van der Waals surface area (Å²) in [5.41, 5.74) is 3.45. The normalized spacial score (nSPS) is 11.8. The first-order valence-electron chi connectivity index (χ1n) is 6.66. The number of halogens is 1. The lowest BCUT2D eigenvalue weighted by atomic mass is 9.92. The van der Waals surface area contributed by atoms with E-state index in [0.717, 1.165) is 40.1 Å². The number of rotatable bonds is 3. The van der Waals surface area contributed by atoms with E-state index in [-0.39, 0.29) is 0 Å². The molecule has 0 aliphatic heterocycles. The summed E-state index contributed by atoms with van der Waals surface area (Å²) < 4.78 is 0. The molecule has 0 radical (unpaired) electrons. The molecule has 0 atom stereocenters. The molecule has 0 aliphatic rings. The van der Waals surface area contributed by atoms with Crippen LogP contribution in [0.5, 0.6) is 0 Å². The molecule has 2 rings (SSSR count). The van der Waals surface area contributed by atoms with E-state index >= 15 is 0 Å². The van der Waals surface area contributed by atoms with Crippen molar-refractivity contribution < 1.29 is 0 Å². The first kappa shape index (κ1) is 14.1. The summed E-state index contributed by atoms with van der Waals surface area (Å²) in [6.45, 7) is 9.68. The summed E-state index contributed by atoms with van der Waals surface area (Å²) >= 11 is 6.37. The predicted octanol–water partition coefficient (Wildman–Crippen LogP) is 5.04. The minimum Gasteiger partial charge on any atom is -0.383 e. The first-order chi connectivity index (χ1) is 8.88. The Labute approximate surface area is 120 Å². The van der Waals surface area contributed by atoms with Crippen molar-refractivity contribution in [3.8, 4) is 0 Å². The molecule has 19 heavy (non-hydrogen) atoms. The smallest absolute Gasteiger partial charge is 0.0752 e. The van der Waals surface area contributed by atoms with E-state index in [1.165, 1.54) is 0 Å². The van der Waals surface area contributed by atoms with Gasteiger partial charge in [0.05, 0.1) is 16.2 Å². The summed E-state index contributed by atoms with van der Waals surface area (Å²) in [4.78, 5) is 4.44. The molecule has 0 bridgehead atoms. The SMILES string of the molecule is Cc1cc(Cl)c(NCCC(C)(C)C)c2cccnc12. The molecule has 3 heteroatoms. The first-order valence-corrected chi connectivity index (χ1v) is 7.04. The van der Waals surface area contributed by atoms with Gasteiger partial charge in [0.2, 0.25) is 0 Å². The minimum atomic E-state index is 0.318.